The Morgan fingerprint density at radius 3 is 2.79 bits per heavy atom. The van der Waals surface area contributed by atoms with Gasteiger partial charge in [0.25, 0.3) is 0 Å². The predicted octanol–water partition coefficient (Wildman–Crippen LogP) is 2.27. The third-order valence-corrected chi connectivity index (χ3v) is 4.02. The molecule has 106 valence electrons. The van der Waals surface area contributed by atoms with Crippen molar-refractivity contribution < 1.29 is 10.2 Å². The van der Waals surface area contributed by atoms with Crippen LogP contribution >= 0.6 is 0 Å². The lowest BCUT2D eigenvalue weighted by Crippen LogP contribution is -2.46. The molecule has 0 bridgehead atoms. The molecule has 0 radical (unpaired) electrons. The zero-order chi connectivity index (χ0) is 13.9. The number of aryl methyl sites for hydroxylation is 1. The number of nitrogens with zero attached hydrogens (tertiary/aromatic N) is 1. The SMILES string of the molecule is Cc1ccccc1C(O)CCN1CCCC(C)(O)C1. The van der Waals surface area contributed by atoms with E-state index in [1.165, 1.54) is 0 Å². The molecule has 1 aromatic rings. The first kappa shape index (κ1) is 14.5. The molecule has 0 spiro atoms. The fraction of sp³-hybridized carbons (Fsp3) is 0.625. The number of β-amino-alcohol motifs (C(OH)–C–C–N with tert-alkyl or cyclic N) is 1. The van der Waals surface area contributed by atoms with Crippen molar-refractivity contribution in [1.82, 2.24) is 4.90 Å². The Morgan fingerprint density at radius 2 is 2.11 bits per heavy atom. The largest absolute Gasteiger partial charge is 0.389 e. The van der Waals surface area contributed by atoms with Crippen LogP contribution in [0.2, 0.25) is 0 Å². The summed E-state index contributed by atoms with van der Waals surface area (Å²) < 4.78 is 0. The van der Waals surface area contributed by atoms with Gasteiger partial charge in [-0.1, -0.05) is 24.3 Å². The van der Waals surface area contributed by atoms with Crippen molar-refractivity contribution in [2.45, 2.75) is 44.8 Å². The second kappa shape index (κ2) is 6.04. The van der Waals surface area contributed by atoms with Gasteiger partial charge < -0.3 is 15.1 Å². The number of hydrogen-bond acceptors (Lipinski definition) is 3. The third kappa shape index (κ3) is 4.03. The van der Waals surface area contributed by atoms with Gasteiger partial charge in [-0.05, 0) is 50.8 Å². The topological polar surface area (TPSA) is 43.7 Å². The fourth-order valence-corrected chi connectivity index (χ4v) is 2.94. The van der Waals surface area contributed by atoms with Crippen LogP contribution in [0.5, 0.6) is 0 Å². The quantitative estimate of drug-likeness (QED) is 0.876. The molecule has 1 fully saturated rings. The van der Waals surface area contributed by atoms with Crippen molar-refractivity contribution in [1.29, 1.82) is 0 Å². The van der Waals surface area contributed by atoms with E-state index >= 15 is 0 Å². The molecule has 2 unspecified atom stereocenters. The van der Waals surface area contributed by atoms with E-state index in [0.717, 1.165) is 43.5 Å². The highest BCUT2D eigenvalue weighted by Crippen LogP contribution is 2.24. The molecule has 2 atom stereocenters. The predicted molar refractivity (Wildman–Crippen MR) is 77.1 cm³/mol. The summed E-state index contributed by atoms with van der Waals surface area (Å²) in [6.07, 6.45) is 2.23. The monoisotopic (exact) mass is 263 g/mol. The number of aliphatic hydroxyl groups excluding tert-OH is 1. The van der Waals surface area contributed by atoms with E-state index in [-0.39, 0.29) is 0 Å². The summed E-state index contributed by atoms with van der Waals surface area (Å²) in [6, 6.07) is 7.99. The Balaban J connectivity index is 1.87. The van der Waals surface area contributed by atoms with Crippen molar-refractivity contribution >= 4 is 0 Å². The number of aliphatic hydroxyl groups is 2. The van der Waals surface area contributed by atoms with Crippen molar-refractivity contribution in [3.63, 3.8) is 0 Å². The standard InChI is InChI=1S/C16H25NO2/c1-13-6-3-4-7-14(13)15(18)8-11-17-10-5-9-16(2,19)12-17/h3-4,6-7,15,18-19H,5,8-12H2,1-2H3. The van der Waals surface area contributed by atoms with Gasteiger partial charge in [-0.25, -0.2) is 0 Å². The first-order valence-corrected chi connectivity index (χ1v) is 7.16. The van der Waals surface area contributed by atoms with Gasteiger partial charge in [0.2, 0.25) is 0 Å². The molecular formula is C16H25NO2. The Kier molecular flexibility index (Phi) is 4.61. The van der Waals surface area contributed by atoms with Crippen LogP contribution in [0.4, 0.5) is 0 Å². The molecule has 1 aliphatic heterocycles. The van der Waals surface area contributed by atoms with Crippen molar-refractivity contribution in [3.8, 4) is 0 Å². The number of benzene rings is 1. The summed E-state index contributed by atoms with van der Waals surface area (Å²) in [5.74, 6) is 0. The van der Waals surface area contributed by atoms with E-state index in [1.54, 1.807) is 0 Å². The van der Waals surface area contributed by atoms with E-state index < -0.39 is 11.7 Å². The minimum atomic E-state index is -0.564. The zero-order valence-electron chi connectivity index (χ0n) is 12.0. The molecule has 1 aromatic carbocycles. The van der Waals surface area contributed by atoms with Crippen LogP contribution in [-0.2, 0) is 0 Å². The van der Waals surface area contributed by atoms with Crippen LogP contribution in [0.25, 0.3) is 0 Å². The average molecular weight is 263 g/mol. The maximum absolute atomic E-state index is 10.3. The minimum absolute atomic E-state index is 0.409. The normalized spacial score (nSPS) is 26.3. The average Bonchev–Trinajstić information content (AvgIpc) is 2.35. The first-order chi connectivity index (χ1) is 8.98. The van der Waals surface area contributed by atoms with Crippen molar-refractivity contribution in [3.05, 3.63) is 35.4 Å². The van der Waals surface area contributed by atoms with E-state index in [4.69, 9.17) is 0 Å². The minimum Gasteiger partial charge on any atom is -0.389 e. The van der Waals surface area contributed by atoms with Crippen LogP contribution in [-0.4, -0.2) is 40.3 Å². The molecule has 2 rings (SSSR count). The van der Waals surface area contributed by atoms with Gasteiger partial charge in [-0.3, -0.25) is 0 Å². The van der Waals surface area contributed by atoms with Gasteiger partial charge in [0, 0.05) is 13.1 Å². The van der Waals surface area contributed by atoms with E-state index in [9.17, 15) is 10.2 Å². The Hall–Kier alpha value is -0.900. The van der Waals surface area contributed by atoms with Crippen LogP contribution in [0.1, 0.15) is 43.4 Å². The summed E-state index contributed by atoms with van der Waals surface area (Å²) >= 11 is 0. The van der Waals surface area contributed by atoms with Crippen LogP contribution in [0.15, 0.2) is 24.3 Å². The molecule has 2 N–H and O–H groups in total. The number of hydrogen-bond donors (Lipinski definition) is 2. The van der Waals surface area contributed by atoms with Gasteiger partial charge in [-0.2, -0.15) is 0 Å². The van der Waals surface area contributed by atoms with E-state index in [1.807, 2.05) is 38.1 Å². The van der Waals surface area contributed by atoms with Gasteiger partial charge in [0.05, 0.1) is 11.7 Å². The second-order valence-corrected chi connectivity index (χ2v) is 6.04. The van der Waals surface area contributed by atoms with Crippen LogP contribution in [0, 0.1) is 6.92 Å². The van der Waals surface area contributed by atoms with Crippen LogP contribution in [0.3, 0.4) is 0 Å². The fourth-order valence-electron chi connectivity index (χ4n) is 2.94. The molecule has 0 amide bonds. The molecule has 3 nitrogen and oxygen atoms in total. The van der Waals surface area contributed by atoms with Gasteiger partial charge in [-0.15, -0.1) is 0 Å². The lowest BCUT2D eigenvalue weighted by molar-refractivity contribution is -0.0192. The maximum Gasteiger partial charge on any atom is 0.0804 e. The summed E-state index contributed by atoms with van der Waals surface area (Å²) in [7, 11) is 0. The van der Waals surface area contributed by atoms with Gasteiger partial charge >= 0.3 is 0 Å². The molecular weight excluding hydrogens is 238 g/mol. The molecule has 0 saturated carbocycles. The number of likely N-dealkylation sites (tertiary alicyclic amines) is 1. The molecule has 1 saturated heterocycles. The summed E-state index contributed by atoms with van der Waals surface area (Å²) in [4.78, 5) is 2.25. The molecule has 19 heavy (non-hydrogen) atoms. The third-order valence-electron chi connectivity index (χ3n) is 4.02. The highest BCUT2D eigenvalue weighted by Gasteiger charge is 2.28. The van der Waals surface area contributed by atoms with Crippen molar-refractivity contribution in [2.75, 3.05) is 19.6 Å². The smallest absolute Gasteiger partial charge is 0.0804 e. The van der Waals surface area contributed by atoms with E-state index in [2.05, 4.69) is 4.90 Å². The second-order valence-electron chi connectivity index (χ2n) is 6.04. The molecule has 3 heteroatoms. The Bertz CT molecular complexity index is 417. The van der Waals surface area contributed by atoms with E-state index in [0.29, 0.717) is 6.54 Å². The Morgan fingerprint density at radius 1 is 1.37 bits per heavy atom. The molecule has 1 heterocycles. The maximum atomic E-state index is 10.3. The lowest BCUT2D eigenvalue weighted by atomic mass is 9.94. The van der Waals surface area contributed by atoms with Crippen LogP contribution < -0.4 is 0 Å². The zero-order valence-corrected chi connectivity index (χ0v) is 12.0. The van der Waals surface area contributed by atoms with Gasteiger partial charge in [0.1, 0.15) is 0 Å². The number of piperidine rings is 1. The molecule has 0 aliphatic carbocycles. The lowest BCUT2D eigenvalue weighted by Gasteiger charge is -2.37. The first-order valence-electron chi connectivity index (χ1n) is 7.16. The van der Waals surface area contributed by atoms with Gasteiger partial charge in [0.15, 0.2) is 0 Å². The summed E-state index contributed by atoms with van der Waals surface area (Å²) in [6.45, 7) is 6.51. The Labute approximate surface area is 115 Å². The number of rotatable bonds is 4. The summed E-state index contributed by atoms with van der Waals surface area (Å²) in [5, 5.41) is 20.3. The highest BCUT2D eigenvalue weighted by molar-refractivity contribution is 5.27. The highest BCUT2D eigenvalue weighted by atomic mass is 16.3. The molecule has 1 aliphatic rings. The molecule has 0 aromatic heterocycles. The van der Waals surface area contributed by atoms with Crippen molar-refractivity contribution in [2.24, 2.45) is 0 Å². The summed E-state index contributed by atoms with van der Waals surface area (Å²) in [5.41, 5.74) is 1.60.